The minimum absolute atomic E-state index is 0.298. The summed E-state index contributed by atoms with van der Waals surface area (Å²) in [5.41, 5.74) is 1.83. The molecule has 0 unspecified atom stereocenters. The molecule has 0 fully saturated rings. The van der Waals surface area contributed by atoms with Gasteiger partial charge in [0.05, 0.1) is 15.8 Å². The molecule has 0 radical (unpaired) electrons. The van der Waals surface area contributed by atoms with Gasteiger partial charge in [0.1, 0.15) is 11.0 Å². The summed E-state index contributed by atoms with van der Waals surface area (Å²) in [6.07, 6.45) is 0. The minimum Gasteiger partial charge on any atom is -0.452 e. The van der Waals surface area contributed by atoms with Crippen LogP contribution in [0, 0.1) is 0 Å². The second kappa shape index (κ2) is 9.29. The number of thiazole rings is 1. The standard InChI is InChI=1S/C21H21N3O4S/c1-3-22-19(26)13(2)23-18(25)12-28-21(27)15-9-5-4-8-14(15)20-24-16-10-6-7-11-17(16)29-20/h4-11,13H,3,12H2,1-2H3,(H,22,26)(H,23,25)/t13-/m0/s1. The van der Waals surface area contributed by atoms with Crippen LogP contribution >= 0.6 is 11.3 Å². The summed E-state index contributed by atoms with van der Waals surface area (Å²) in [6.45, 7) is 3.34. The maximum Gasteiger partial charge on any atom is 0.339 e. The summed E-state index contributed by atoms with van der Waals surface area (Å²) < 4.78 is 6.18. The van der Waals surface area contributed by atoms with Crippen LogP contribution in [-0.2, 0) is 14.3 Å². The Balaban J connectivity index is 1.69. The number of amides is 2. The average molecular weight is 411 g/mol. The number of benzene rings is 2. The number of ether oxygens (including phenoxy) is 1. The first-order valence-electron chi connectivity index (χ1n) is 9.18. The van der Waals surface area contributed by atoms with Crippen molar-refractivity contribution in [1.82, 2.24) is 15.6 Å². The number of rotatable bonds is 7. The van der Waals surface area contributed by atoms with Gasteiger partial charge in [-0.15, -0.1) is 11.3 Å². The molecule has 150 valence electrons. The third-order valence-electron chi connectivity index (χ3n) is 4.13. The van der Waals surface area contributed by atoms with Crippen LogP contribution in [-0.4, -0.2) is 42.0 Å². The molecule has 7 nitrogen and oxygen atoms in total. The zero-order valence-electron chi connectivity index (χ0n) is 16.1. The van der Waals surface area contributed by atoms with E-state index in [1.807, 2.05) is 30.3 Å². The van der Waals surface area contributed by atoms with Crippen LogP contribution in [0.15, 0.2) is 48.5 Å². The molecule has 0 bridgehead atoms. The van der Waals surface area contributed by atoms with Crippen molar-refractivity contribution in [2.75, 3.05) is 13.2 Å². The van der Waals surface area contributed by atoms with Crippen molar-refractivity contribution >= 4 is 39.3 Å². The third-order valence-corrected chi connectivity index (χ3v) is 5.20. The Hall–Kier alpha value is -3.26. The van der Waals surface area contributed by atoms with Gasteiger partial charge in [-0.1, -0.05) is 30.3 Å². The Morgan fingerprint density at radius 3 is 2.59 bits per heavy atom. The molecule has 0 spiro atoms. The summed E-state index contributed by atoms with van der Waals surface area (Å²) in [5.74, 6) is -1.47. The SMILES string of the molecule is CCNC(=O)[C@H](C)NC(=O)COC(=O)c1ccccc1-c1nc2ccccc2s1. The predicted molar refractivity (Wildman–Crippen MR) is 112 cm³/mol. The topological polar surface area (TPSA) is 97.4 Å². The maximum absolute atomic E-state index is 12.6. The number of hydrogen-bond donors (Lipinski definition) is 2. The summed E-state index contributed by atoms with van der Waals surface area (Å²) >= 11 is 1.48. The number of carbonyl (C=O) groups excluding carboxylic acids is 3. The third kappa shape index (κ3) is 4.97. The van der Waals surface area contributed by atoms with Crippen LogP contribution in [0.3, 0.4) is 0 Å². The number of nitrogens with one attached hydrogen (secondary N) is 2. The highest BCUT2D eigenvalue weighted by molar-refractivity contribution is 7.21. The van der Waals surface area contributed by atoms with Gasteiger partial charge in [-0.3, -0.25) is 9.59 Å². The molecule has 0 saturated heterocycles. The van der Waals surface area contributed by atoms with E-state index in [0.717, 1.165) is 10.2 Å². The van der Waals surface area contributed by atoms with Gasteiger partial charge >= 0.3 is 5.97 Å². The number of likely N-dealkylation sites (N-methyl/N-ethyl adjacent to an activating group) is 1. The van der Waals surface area contributed by atoms with Crippen molar-refractivity contribution < 1.29 is 19.1 Å². The zero-order valence-corrected chi connectivity index (χ0v) is 16.9. The number of para-hydroxylation sites is 1. The number of aromatic nitrogens is 1. The van der Waals surface area contributed by atoms with Crippen molar-refractivity contribution in [1.29, 1.82) is 0 Å². The highest BCUT2D eigenvalue weighted by Gasteiger charge is 2.19. The fraction of sp³-hybridized carbons (Fsp3) is 0.238. The summed E-state index contributed by atoms with van der Waals surface area (Å²) in [4.78, 5) is 40.8. The van der Waals surface area contributed by atoms with Crippen LogP contribution < -0.4 is 10.6 Å². The molecule has 1 heterocycles. The van der Waals surface area contributed by atoms with E-state index in [0.29, 0.717) is 22.7 Å². The molecule has 1 aromatic heterocycles. The number of fused-ring (bicyclic) bond motifs is 1. The second-order valence-corrected chi connectivity index (χ2v) is 7.32. The van der Waals surface area contributed by atoms with E-state index in [1.165, 1.54) is 11.3 Å². The fourth-order valence-corrected chi connectivity index (χ4v) is 3.73. The monoisotopic (exact) mass is 411 g/mol. The van der Waals surface area contributed by atoms with Gasteiger partial charge in [-0.05, 0) is 32.0 Å². The molecule has 29 heavy (non-hydrogen) atoms. The highest BCUT2D eigenvalue weighted by atomic mass is 32.1. The lowest BCUT2D eigenvalue weighted by Gasteiger charge is -2.13. The zero-order chi connectivity index (χ0) is 20.8. The van der Waals surface area contributed by atoms with Crippen LogP contribution in [0.5, 0.6) is 0 Å². The molecular formula is C21H21N3O4S. The molecule has 0 aliphatic carbocycles. The minimum atomic E-state index is -0.712. The quantitative estimate of drug-likeness (QED) is 0.583. The molecule has 2 N–H and O–H groups in total. The first-order chi connectivity index (χ1) is 14.0. The molecule has 0 saturated carbocycles. The smallest absolute Gasteiger partial charge is 0.339 e. The molecule has 8 heteroatoms. The lowest BCUT2D eigenvalue weighted by atomic mass is 10.1. The van der Waals surface area contributed by atoms with E-state index >= 15 is 0 Å². The lowest BCUT2D eigenvalue weighted by Crippen LogP contribution is -2.46. The van der Waals surface area contributed by atoms with Crippen molar-refractivity contribution in [2.45, 2.75) is 19.9 Å². The maximum atomic E-state index is 12.6. The van der Waals surface area contributed by atoms with Gasteiger partial charge in [-0.2, -0.15) is 0 Å². The number of hydrogen-bond acceptors (Lipinski definition) is 6. The summed E-state index contributed by atoms with van der Waals surface area (Å²) in [5, 5.41) is 5.81. The van der Waals surface area contributed by atoms with Gasteiger partial charge in [0.2, 0.25) is 5.91 Å². The normalized spacial score (nSPS) is 11.7. The fourth-order valence-electron chi connectivity index (χ4n) is 2.72. The van der Waals surface area contributed by atoms with Gasteiger partial charge in [-0.25, -0.2) is 9.78 Å². The Morgan fingerprint density at radius 2 is 1.83 bits per heavy atom. The van der Waals surface area contributed by atoms with Gasteiger partial charge in [0.25, 0.3) is 5.91 Å². The number of carbonyl (C=O) groups is 3. The Labute approximate surface area is 172 Å². The Kier molecular flexibility index (Phi) is 6.56. The molecule has 1 atom stereocenters. The molecule has 2 aromatic carbocycles. The summed E-state index contributed by atoms with van der Waals surface area (Å²) in [6, 6.07) is 14.0. The number of nitrogens with zero attached hydrogens (tertiary/aromatic N) is 1. The molecule has 3 aromatic rings. The predicted octanol–water partition coefficient (Wildman–Crippen LogP) is 2.76. The largest absolute Gasteiger partial charge is 0.452 e. The van der Waals surface area contributed by atoms with E-state index in [4.69, 9.17) is 4.74 Å². The van der Waals surface area contributed by atoms with Crippen LogP contribution in [0.1, 0.15) is 24.2 Å². The first kappa shape index (κ1) is 20.5. The van der Waals surface area contributed by atoms with E-state index < -0.39 is 24.5 Å². The van der Waals surface area contributed by atoms with Crippen LogP contribution in [0.2, 0.25) is 0 Å². The second-order valence-electron chi connectivity index (χ2n) is 6.29. The average Bonchev–Trinajstić information content (AvgIpc) is 3.16. The van der Waals surface area contributed by atoms with Gasteiger partial charge < -0.3 is 15.4 Å². The lowest BCUT2D eigenvalue weighted by molar-refractivity contribution is -0.130. The Bertz CT molecular complexity index is 1010. The highest BCUT2D eigenvalue weighted by Crippen LogP contribution is 2.32. The van der Waals surface area contributed by atoms with Crippen molar-refractivity contribution in [3.8, 4) is 10.6 Å². The van der Waals surface area contributed by atoms with E-state index in [-0.39, 0.29) is 5.91 Å². The van der Waals surface area contributed by atoms with Crippen LogP contribution in [0.25, 0.3) is 20.8 Å². The molecule has 0 aliphatic heterocycles. The molecule has 2 amide bonds. The van der Waals surface area contributed by atoms with Crippen LogP contribution in [0.4, 0.5) is 0 Å². The molecule has 0 aliphatic rings. The Morgan fingerprint density at radius 1 is 1.10 bits per heavy atom. The van der Waals surface area contributed by atoms with Gasteiger partial charge in [0, 0.05) is 12.1 Å². The van der Waals surface area contributed by atoms with E-state index in [1.54, 1.807) is 32.0 Å². The van der Waals surface area contributed by atoms with E-state index in [9.17, 15) is 14.4 Å². The molecule has 3 rings (SSSR count). The van der Waals surface area contributed by atoms with Crippen molar-refractivity contribution in [2.24, 2.45) is 0 Å². The van der Waals surface area contributed by atoms with Gasteiger partial charge in [0.15, 0.2) is 6.61 Å². The summed E-state index contributed by atoms with van der Waals surface area (Å²) in [7, 11) is 0. The van der Waals surface area contributed by atoms with Crippen molar-refractivity contribution in [3.05, 3.63) is 54.1 Å². The molecular weight excluding hydrogens is 390 g/mol. The van der Waals surface area contributed by atoms with Crippen molar-refractivity contribution in [3.63, 3.8) is 0 Å². The first-order valence-corrected chi connectivity index (χ1v) is 10.0. The number of esters is 1. The van der Waals surface area contributed by atoms with E-state index in [2.05, 4.69) is 15.6 Å².